The summed E-state index contributed by atoms with van der Waals surface area (Å²) >= 11 is 5.46. The van der Waals surface area contributed by atoms with Crippen LogP contribution in [0.3, 0.4) is 0 Å². The van der Waals surface area contributed by atoms with Gasteiger partial charge in [0, 0.05) is 2.74 Å². The van der Waals surface area contributed by atoms with Crippen LogP contribution in [-0.4, -0.2) is 0 Å². The molecule has 1 aliphatic carbocycles. The van der Waals surface area contributed by atoms with Crippen LogP contribution in [0.1, 0.15) is 27.2 Å². The number of benzene rings is 1. The highest BCUT2D eigenvalue weighted by molar-refractivity contribution is 6.31. The van der Waals surface area contributed by atoms with E-state index in [4.69, 9.17) is 14.3 Å². The lowest BCUT2D eigenvalue weighted by Gasteiger charge is -2.22. The van der Waals surface area contributed by atoms with Crippen LogP contribution < -0.4 is 0 Å². The molecule has 1 aliphatic rings. The molecule has 0 saturated carbocycles. The van der Waals surface area contributed by atoms with Crippen molar-refractivity contribution in [1.29, 1.82) is 0 Å². The first-order valence-electron chi connectivity index (χ1n) is 5.50. The minimum atomic E-state index is -1.77. The van der Waals surface area contributed by atoms with Crippen molar-refractivity contribution in [3.8, 4) is 0 Å². The highest BCUT2D eigenvalue weighted by atomic mass is 35.5. The Morgan fingerprint density at radius 3 is 3.00 bits per heavy atom. The fraction of sp³-hybridized carbons (Fsp3) is 0.455. The molecule has 14 heavy (non-hydrogen) atoms. The summed E-state index contributed by atoms with van der Waals surface area (Å²) in [6.45, 7) is 1.87. The molecule has 0 aliphatic heterocycles. The zero-order chi connectivity index (χ0) is 12.1. The van der Waals surface area contributed by atoms with Crippen molar-refractivity contribution in [3.63, 3.8) is 0 Å². The lowest BCUT2D eigenvalue weighted by molar-refractivity contribution is 0.475. The van der Waals surface area contributed by atoms with E-state index >= 15 is 0 Å². The van der Waals surface area contributed by atoms with Crippen molar-refractivity contribution in [3.05, 3.63) is 33.9 Å². The Balaban J connectivity index is 2.69. The zero-order valence-electron chi connectivity index (χ0n) is 9.70. The Labute approximate surface area is 89.7 Å². The maximum Gasteiger partial charge on any atom is 0.148 e. The minimum absolute atomic E-state index is 0.0717. The summed E-state index contributed by atoms with van der Waals surface area (Å²) < 4.78 is 42.6. The molecule has 0 amide bonds. The summed E-state index contributed by atoms with van der Waals surface area (Å²) in [4.78, 5) is 0. The van der Waals surface area contributed by atoms with Gasteiger partial charge in [0.05, 0.1) is 0 Å². The maximum absolute atomic E-state index is 13.8. The predicted octanol–water partition coefficient (Wildman–Crippen LogP) is 3.74. The predicted molar refractivity (Wildman–Crippen MR) is 52.6 cm³/mol. The minimum Gasteiger partial charge on any atom is -0.205 e. The van der Waals surface area contributed by atoms with Crippen LogP contribution in [0.5, 0.6) is 0 Å². The molecule has 0 saturated heterocycles. The quantitative estimate of drug-likeness (QED) is 0.582. The number of hydrogen-bond donors (Lipinski definition) is 0. The Morgan fingerprint density at radius 1 is 1.57 bits per heavy atom. The molecule has 0 N–H and O–H groups in total. The van der Waals surface area contributed by atoms with Gasteiger partial charge in [0.1, 0.15) is 16.7 Å². The van der Waals surface area contributed by atoms with E-state index in [-0.39, 0.29) is 17.9 Å². The van der Waals surface area contributed by atoms with Crippen LogP contribution in [0.4, 0.5) is 8.78 Å². The van der Waals surface area contributed by atoms with Crippen molar-refractivity contribution in [2.45, 2.75) is 26.1 Å². The number of halogens is 3. The van der Waals surface area contributed by atoms with E-state index in [2.05, 4.69) is 0 Å². The van der Waals surface area contributed by atoms with Crippen LogP contribution in [0.15, 0.2) is 6.07 Å². The SMILES string of the molecule is [2H]C1([2H])CC(C)Cc2cc(F)c(Cl)c(F)c21. The van der Waals surface area contributed by atoms with Gasteiger partial charge in [0.15, 0.2) is 0 Å². The molecule has 0 heterocycles. The molecule has 0 bridgehead atoms. The smallest absolute Gasteiger partial charge is 0.148 e. The molecule has 0 fully saturated rings. The summed E-state index contributed by atoms with van der Waals surface area (Å²) in [7, 11) is 0. The van der Waals surface area contributed by atoms with Gasteiger partial charge in [-0.05, 0) is 42.3 Å². The van der Waals surface area contributed by atoms with E-state index in [9.17, 15) is 8.78 Å². The largest absolute Gasteiger partial charge is 0.205 e. The second-order valence-corrected chi connectivity index (χ2v) is 4.09. The lowest BCUT2D eigenvalue weighted by atomic mass is 9.85. The van der Waals surface area contributed by atoms with E-state index in [1.165, 1.54) is 0 Å². The van der Waals surface area contributed by atoms with E-state index in [1.54, 1.807) is 0 Å². The molecule has 0 spiro atoms. The van der Waals surface area contributed by atoms with Gasteiger partial charge in [-0.2, -0.15) is 0 Å². The molecule has 76 valence electrons. The van der Waals surface area contributed by atoms with Crippen molar-refractivity contribution < 1.29 is 11.5 Å². The van der Waals surface area contributed by atoms with E-state index in [0.29, 0.717) is 12.0 Å². The highest BCUT2D eigenvalue weighted by Crippen LogP contribution is 2.32. The third-order valence-electron chi connectivity index (χ3n) is 2.44. The number of rotatable bonds is 0. The van der Waals surface area contributed by atoms with Gasteiger partial charge in [0.25, 0.3) is 0 Å². The van der Waals surface area contributed by atoms with Gasteiger partial charge < -0.3 is 0 Å². The van der Waals surface area contributed by atoms with E-state index < -0.39 is 23.0 Å². The summed E-state index contributed by atoms with van der Waals surface area (Å²) in [5, 5.41) is -0.614. The highest BCUT2D eigenvalue weighted by Gasteiger charge is 2.22. The fourth-order valence-corrected chi connectivity index (χ4v) is 1.87. The Bertz CT molecular complexity index is 446. The Hall–Kier alpha value is -0.630. The molecule has 2 rings (SSSR count). The van der Waals surface area contributed by atoms with E-state index in [0.717, 1.165) is 6.07 Å². The molecular formula is C11H11ClF2. The van der Waals surface area contributed by atoms with Gasteiger partial charge >= 0.3 is 0 Å². The van der Waals surface area contributed by atoms with Crippen LogP contribution in [0.25, 0.3) is 0 Å². The average molecular weight is 219 g/mol. The second-order valence-electron chi connectivity index (χ2n) is 3.71. The zero-order valence-corrected chi connectivity index (χ0v) is 8.46. The third kappa shape index (κ3) is 1.52. The van der Waals surface area contributed by atoms with Gasteiger partial charge in [-0.3, -0.25) is 0 Å². The topological polar surface area (TPSA) is 0 Å². The third-order valence-corrected chi connectivity index (χ3v) is 2.79. The summed E-state index contributed by atoms with van der Waals surface area (Å²) in [6, 6.07) is 1.15. The molecule has 3 heteroatoms. The van der Waals surface area contributed by atoms with Crippen LogP contribution in [0.2, 0.25) is 5.02 Å². The fourth-order valence-electron chi connectivity index (χ4n) is 1.72. The Morgan fingerprint density at radius 2 is 2.29 bits per heavy atom. The van der Waals surface area contributed by atoms with Crippen LogP contribution in [-0.2, 0) is 12.8 Å². The Kier molecular flexibility index (Phi) is 1.91. The lowest BCUT2D eigenvalue weighted by Crippen LogP contribution is -2.13. The maximum atomic E-state index is 13.8. The van der Waals surface area contributed by atoms with Gasteiger partial charge in [-0.15, -0.1) is 0 Å². The molecule has 0 nitrogen and oxygen atoms in total. The average Bonchev–Trinajstić information content (AvgIpc) is 2.11. The second kappa shape index (κ2) is 3.50. The first-order valence-corrected chi connectivity index (χ1v) is 4.87. The molecule has 1 unspecified atom stereocenters. The van der Waals surface area contributed by atoms with Gasteiger partial charge in [-0.1, -0.05) is 18.5 Å². The molecule has 1 atom stereocenters. The van der Waals surface area contributed by atoms with Crippen molar-refractivity contribution in [1.82, 2.24) is 0 Å². The number of hydrogen-bond acceptors (Lipinski definition) is 0. The summed E-state index contributed by atoms with van der Waals surface area (Å²) in [5.41, 5.74) is 0.320. The number of fused-ring (bicyclic) bond motifs is 1. The van der Waals surface area contributed by atoms with Crippen molar-refractivity contribution >= 4 is 11.6 Å². The van der Waals surface area contributed by atoms with Crippen LogP contribution >= 0.6 is 11.6 Å². The molecule has 1 aromatic rings. The van der Waals surface area contributed by atoms with Crippen molar-refractivity contribution in [2.24, 2.45) is 5.92 Å². The normalized spacial score (nSPS) is 26.4. The van der Waals surface area contributed by atoms with E-state index in [1.807, 2.05) is 6.92 Å². The van der Waals surface area contributed by atoms with Crippen molar-refractivity contribution in [2.75, 3.05) is 0 Å². The molecular weight excluding hydrogens is 206 g/mol. The molecule has 0 radical (unpaired) electrons. The summed E-state index contributed by atoms with van der Waals surface area (Å²) in [5.74, 6) is -1.70. The first-order chi connectivity index (χ1) is 7.33. The monoisotopic (exact) mass is 218 g/mol. The molecule has 0 aromatic heterocycles. The molecule has 1 aromatic carbocycles. The van der Waals surface area contributed by atoms with Crippen LogP contribution in [0, 0.1) is 17.6 Å². The first kappa shape index (κ1) is 7.63. The standard InChI is InChI=1S/C11H11ClF2/c1-6-2-3-8-7(4-6)5-9(13)10(12)11(8)14/h5-6H,2-4H2,1H3/i3D2. The van der Waals surface area contributed by atoms with Gasteiger partial charge in [0.2, 0.25) is 0 Å². The summed E-state index contributed by atoms with van der Waals surface area (Å²) in [6.07, 6.45) is -1.05. The van der Waals surface area contributed by atoms with Gasteiger partial charge in [-0.25, -0.2) is 8.78 Å².